The molecule has 2 aromatic rings. The molecule has 148 valence electrons. The van der Waals surface area contributed by atoms with Gasteiger partial charge in [0.15, 0.2) is 11.5 Å². The van der Waals surface area contributed by atoms with Gasteiger partial charge < -0.3 is 19.5 Å². The van der Waals surface area contributed by atoms with Crippen molar-refractivity contribution in [1.82, 2.24) is 5.32 Å². The first-order valence-corrected chi connectivity index (χ1v) is 8.78. The van der Waals surface area contributed by atoms with Crippen LogP contribution in [-0.2, 0) is 16.1 Å². The molecule has 0 atom stereocenters. The number of amides is 1. The predicted octanol–water partition coefficient (Wildman–Crippen LogP) is 3.25. The van der Waals surface area contributed by atoms with Gasteiger partial charge >= 0.3 is 5.97 Å². The molecule has 1 heterocycles. The number of nitrogens with one attached hydrogen (secondary N) is 1. The molecule has 2 aromatic carbocycles. The smallest absolute Gasteiger partial charge is 0.307 e. The first-order valence-electron chi connectivity index (χ1n) is 8.41. The zero-order valence-corrected chi connectivity index (χ0v) is 15.4. The lowest BCUT2D eigenvalue weighted by Crippen LogP contribution is -2.27. The Labute approximate surface area is 164 Å². The monoisotopic (exact) mass is 411 g/mol. The van der Waals surface area contributed by atoms with Crippen molar-refractivity contribution in [1.29, 1.82) is 0 Å². The largest absolute Gasteiger partial charge is 0.486 e. The number of benzene rings is 2. The number of rotatable bonds is 6. The van der Waals surface area contributed by atoms with Crippen molar-refractivity contribution in [3.63, 3.8) is 0 Å². The Morgan fingerprint density at radius 2 is 1.93 bits per heavy atom. The van der Waals surface area contributed by atoms with Gasteiger partial charge in [-0.25, -0.2) is 8.78 Å². The molecular weight excluding hydrogens is 396 g/mol. The van der Waals surface area contributed by atoms with Gasteiger partial charge in [0.25, 0.3) is 5.91 Å². The van der Waals surface area contributed by atoms with E-state index in [1.54, 1.807) is 12.1 Å². The van der Waals surface area contributed by atoms with E-state index in [2.05, 4.69) is 5.32 Å². The van der Waals surface area contributed by atoms with E-state index in [0.29, 0.717) is 41.4 Å². The molecule has 3 rings (SSSR count). The van der Waals surface area contributed by atoms with E-state index in [1.807, 2.05) is 0 Å². The zero-order chi connectivity index (χ0) is 20.1. The fourth-order valence-corrected chi connectivity index (χ4v) is 2.82. The second kappa shape index (κ2) is 8.88. The highest BCUT2D eigenvalue weighted by molar-refractivity contribution is 6.32. The highest BCUT2D eigenvalue weighted by Gasteiger charge is 2.17. The van der Waals surface area contributed by atoms with Crippen LogP contribution in [0.5, 0.6) is 11.5 Å². The molecule has 1 amide bonds. The second-order valence-electron chi connectivity index (χ2n) is 5.89. The fraction of sp³-hybridized carbons (Fsp3) is 0.263. The number of hydrogen-bond acceptors (Lipinski definition) is 5. The van der Waals surface area contributed by atoms with Crippen LogP contribution in [0.15, 0.2) is 30.3 Å². The lowest BCUT2D eigenvalue weighted by atomic mass is 10.2. The summed E-state index contributed by atoms with van der Waals surface area (Å²) in [5.74, 6) is -2.13. The molecule has 0 aromatic heterocycles. The Kier molecular flexibility index (Phi) is 6.30. The van der Waals surface area contributed by atoms with Gasteiger partial charge in [-0.05, 0) is 29.8 Å². The topological polar surface area (TPSA) is 73.9 Å². The maximum atomic E-state index is 13.5. The summed E-state index contributed by atoms with van der Waals surface area (Å²) in [6, 6.07) is 5.91. The Bertz CT molecular complexity index is 906. The SMILES string of the molecule is O=C(CCNC(=O)c1ccc(F)cc1F)OCc1cc(Cl)c2c(c1)OCCO2. The maximum Gasteiger partial charge on any atom is 0.307 e. The highest BCUT2D eigenvalue weighted by atomic mass is 35.5. The average Bonchev–Trinajstić information content (AvgIpc) is 2.66. The fourth-order valence-electron chi connectivity index (χ4n) is 2.53. The highest BCUT2D eigenvalue weighted by Crippen LogP contribution is 2.38. The van der Waals surface area contributed by atoms with Gasteiger partial charge in [-0.2, -0.15) is 0 Å². The van der Waals surface area contributed by atoms with Crippen molar-refractivity contribution in [2.24, 2.45) is 0 Å². The molecule has 0 bridgehead atoms. The van der Waals surface area contributed by atoms with E-state index >= 15 is 0 Å². The number of ether oxygens (including phenoxy) is 3. The van der Waals surface area contributed by atoms with Crippen LogP contribution in [-0.4, -0.2) is 31.6 Å². The third-order valence-electron chi connectivity index (χ3n) is 3.85. The summed E-state index contributed by atoms with van der Waals surface area (Å²) in [5.41, 5.74) is 0.320. The number of esters is 1. The minimum Gasteiger partial charge on any atom is -0.486 e. The van der Waals surface area contributed by atoms with Crippen LogP contribution in [0.2, 0.25) is 5.02 Å². The molecular formula is C19H16ClF2NO5. The molecule has 0 unspecified atom stereocenters. The van der Waals surface area contributed by atoms with E-state index in [9.17, 15) is 18.4 Å². The van der Waals surface area contributed by atoms with E-state index in [1.165, 1.54) is 0 Å². The number of carbonyl (C=O) groups is 2. The van der Waals surface area contributed by atoms with Gasteiger partial charge in [0.1, 0.15) is 31.5 Å². The lowest BCUT2D eigenvalue weighted by molar-refractivity contribution is -0.144. The van der Waals surface area contributed by atoms with Crippen LogP contribution in [0.4, 0.5) is 8.78 Å². The van der Waals surface area contributed by atoms with Gasteiger partial charge in [0, 0.05) is 12.6 Å². The summed E-state index contributed by atoms with van der Waals surface area (Å²) < 4.78 is 42.4. The molecule has 0 fully saturated rings. The van der Waals surface area contributed by atoms with Crippen LogP contribution in [0.1, 0.15) is 22.3 Å². The normalized spacial score (nSPS) is 12.4. The lowest BCUT2D eigenvalue weighted by Gasteiger charge is -2.20. The quantitative estimate of drug-likeness (QED) is 0.739. The molecule has 28 heavy (non-hydrogen) atoms. The molecule has 0 saturated carbocycles. The Hall–Kier alpha value is -2.87. The Morgan fingerprint density at radius 3 is 2.71 bits per heavy atom. The van der Waals surface area contributed by atoms with Crippen molar-refractivity contribution >= 4 is 23.5 Å². The van der Waals surface area contributed by atoms with Crippen LogP contribution in [0.25, 0.3) is 0 Å². The van der Waals surface area contributed by atoms with Crippen molar-refractivity contribution in [2.75, 3.05) is 19.8 Å². The van der Waals surface area contributed by atoms with Crippen molar-refractivity contribution in [3.05, 3.63) is 58.1 Å². The van der Waals surface area contributed by atoms with E-state index in [-0.39, 0.29) is 25.1 Å². The average molecular weight is 412 g/mol. The molecule has 9 heteroatoms. The van der Waals surface area contributed by atoms with Crippen molar-refractivity contribution < 1.29 is 32.6 Å². The van der Waals surface area contributed by atoms with Gasteiger partial charge in [-0.1, -0.05) is 11.6 Å². The molecule has 1 aliphatic heterocycles. The van der Waals surface area contributed by atoms with E-state index in [4.69, 9.17) is 25.8 Å². The number of halogens is 3. The number of carbonyl (C=O) groups excluding carboxylic acids is 2. The number of fused-ring (bicyclic) bond motifs is 1. The van der Waals surface area contributed by atoms with Crippen molar-refractivity contribution in [3.8, 4) is 11.5 Å². The van der Waals surface area contributed by atoms with Crippen molar-refractivity contribution in [2.45, 2.75) is 13.0 Å². The predicted molar refractivity (Wildman–Crippen MR) is 95.5 cm³/mol. The molecule has 1 aliphatic rings. The summed E-state index contributed by atoms with van der Waals surface area (Å²) in [5, 5.41) is 2.74. The molecule has 6 nitrogen and oxygen atoms in total. The van der Waals surface area contributed by atoms with Gasteiger partial charge in [-0.3, -0.25) is 9.59 Å². The van der Waals surface area contributed by atoms with E-state index < -0.39 is 23.5 Å². The van der Waals surface area contributed by atoms with Crippen LogP contribution in [0, 0.1) is 11.6 Å². The van der Waals surface area contributed by atoms with E-state index in [0.717, 1.165) is 12.1 Å². The Balaban J connectivity index is 1.46. The van der Waals surface area contributed by atoms with Gasteiger partial charge in [0.05, 0.1) is 17.0 Å². The Morgan fingerprint density at radius 1 is 1.14 bits per heavy atom. The molecule has 0 aliphatic carbocycles. The molecule has 0 radical (unpaired) electrons. The van der Waals surface area contributed by atoms with Crippen LogP contribution >= 0.6 is 11.6 Å². The van der Waals surface area contributed by atoms with Crippen LogP contribution < -0.4 is 14.8 Å². The second-order valence-corrected chi connectivity index (χ2v) is 6.30. The summed E-state index contributed by atoms with van der Waals surface area (Å²) >= 11 is 6.11. The molecule has 0 saturated heterocycles. The minimum atomic E-state index is -0.976. The first-order chi connectivity index (χ1) is 13.4. The third-order valence-corrected chi connectivity index (χ3v) is 4.13. The maximum absolute atomic E-state index is 13.5. The van der Waals surface area contributed by atoms with Gasteiger partial charge in [0.2, 0.25) is 0 Å². The summed E-state index contributed by atoms with van der Waals surface area (Å²) in [6.07, 6.45) is -0.118. The summed E-state index contributed by atoms with van der Waals surface area (Å²) in [6.45, 7) is 0.724. The standard InChI is InChI=1S/C19H16ClF2NO5/c20-14-7-11(8-16-18(14)27-6-5-26-16)10-28-17(24)3-4-23-19(25)13-2-1-12(21)9-15(13)22/h1-2,7-9H,3-6,10H2,(H,23,25). The molecule has 0 spiro atoms. The van der Waals surface area contributed by atoms with Crippen LogP contribution in [0.3, 0.4) is 0 Å². The summed E-state index contributed by atoms with van der Waals surface area (Å²) in [7, 11) is 0. The minimum absolute atomic E-state index is 0.0320. The number of hydrogen-bond donors (Lipinski definition) is 1. The van der Waals surface area contributed by atoms with Gasteiger partial charge in [-0.15, -0.1) is 0 Å². The zero-order valence-electron chi connectivity index (χ0n) is 14.6. The first kappa shape index (κ1) is 19.9. The summed E-state index contributed by atoms with van der Waals surface area (Å²) in [4.78, 5) is 23.7. The third kappa shape index (κ3) is 4.89. The molecule has 1 N–H and O–H groups in total.